The van der Waals surface area contributed by atoms with E-state index < -0.39 is 5.97 Å². The van der Waals surface area contributed by atoms with Gasteiger partial charge in [-0.15, -0.1) is 0 Å². The predicted octanol–water partition coefficient (Wildman–Crippen LogP) is 3.94. The molecule has 2 rings (SSSR count). The summed E-state index contributed by atoms with van der Waals surface area (Å²) in [5.41, 5.74) is 5.15. The standard InChI is InChI=1S/C23H26O6/c1-13-9-19(16(4)15(3)14(13)2)20(25)11-29-23(26)12-28-21-8-7-18(17(5)24)10-22(21)27-6/h7-10H,11-12H2,1-6H3. The molecule has 0 aromatic heterocycles. The van der Waals surface area contributed by atoms with Crippen molar-refractivity contribution >= 4 is 17.5 Å². The Labute approximate surface area is 170 Å². The number of rotatable bonds is 8. The third-order valence-corrected chi connectivity index (χ3v) is 5.06. The van der Waals surface area contributed by atoms with Crippen LogP contribution in [0.4, 0.5) is 0 Å². The summed E-state index contributed by atoms with van der Waals surface area (Å²) < 4.78 is 15.7. The van der Waals surface area contributed by atoms with E-state index in [4.69, 9.17) is 14.2 Å². The molecule has 0 unspecified atom stereocenters. The molecule has 0 aliphatic heterocycles. The van der Waals surface area contributed by atoms with Crippen LogP contribution in [-0.4, -0.2) is 37.9 Å². The number of carbonyl (C=O) groups excluding carboxylic acids is 3. The Hall–Kier alpha value is -3.15. The molecule has 0 fully saturated rings. The number of hydrogen-bond acceptors (Lipinski definition) is 6. The van der Waals surface area contributed by atoms with Crippen LogP contribution in [0.3, 0.4) is 0 Å². The van der Waals surface area contributed by atoms with E-state index >= 15 is 0 Å². The lowest BCUT2D eigenvalue weighted by Crippen LogP contribution is -2.20. The molecule has 0 bridgehead atoms. The summed E-state index contributed by atoms with van der Waals surface area (Å²) >= 11 is 0. The zero-order valence-electron chi connectivity index (χ0n) is 17.7. The predicted molar refractivity (Wildman–Crippen MR) is 109 cm³/mol. The lowest BCUT2D eigenvalue weighted by Gasteiger charge is -2.14. The molecule has 6 nitrogen and oxygen atoms in total. The van der Waals surface area contributed by atoms with E-state index in [0.29, 0.717) is 22.6 Å². The average molecular weight is 398 g/mol. The van der Waals surface area contributed by atoms with Gasteiger partial charge in [0.05, 0.1) is 7.11 Å². The number of Topliss-reactive ketones (excluding diaryl/α,β-unsaturated/α-hetero) is 2. The first kappa shape index (κ1) is 22.1. The minimum absolute atomic E-state index is 0.107. The highest BCUT2D eigenvalue weighted by molar-refractivity contribution is 6.00. The molecule has 0 spiro atoms. The van der Waals surface area contributed by atoms with Gasteiger partial charge in [-0.05, 0) is 81.1 Å². The Bertz CT molecular complexity index is 958. The molecule has 0 amide bonds. The second-order valence-corrected chi connectivity index (χ2v) is 6.91. The number of hydrogen-bond donors (Lipinski definition) is 0. The van der Waals surface area contributed by atoms with Crippen molar-refractivity contribution in [1.82, 2.24) is 0 Å². The van der Waals surface area contributed by atoms with Gasteiger partial charge < -0.3 is 14.2 Å². The molecule has 154 valence electrons. The third kappa shape index (κ3) is 5.22. The van der Waals surface area contributed by atoms with Crippen LogP contribution < -0.4 is 9.47 Å². The number of ether oxygens (including phenoxy) is 3. The summed E-state index contributed by atoms with van der Waals surface area (Å²) in [4.78, 5) is 35.9. The van der Waals surface area contributed by atoms with Gasteiger partial charge in [0.1, 0.15) is 0 Å². The van der Waals surface area contributed by atoms with Gasteiger partial charge in [-0.2, -0.15) is 0 Å². The van der Waals surface area contributed by atoms with E-state index in [0.717, 1.165) is 22.3 Å². The van der Waals surface area contributed by atoms with Crippen molar-refractivity contribution in [2.24, 2.45) is 0 Å². The maximum absolute atomic E-state index is 12.5. The molecular formula is C23H26O6. The summed E-state index contributed by atoms with van der Waals surface area (Å²) in [5.74, 6) is -0.395. The Morgan fingerprint density at radius 2 is 1.55 bits per heavy atom. The van der Waals surface area contributed by atoms with Gasteiger partial charge >= 0.3 is 5.97 Å². The van der Waals surface area contributed by atoms with Gasteiger partial charge in [0.25, 0.3) is 0 Å². The molecule has 0 radical (unpaired) electrons. The molecule has 6 heteroatoms. The molecule has 29 heavy (non-hydrogen) atoms. The highest BCUT2D eigenvalue weighted by Crippen LogP contribution is 2.28. The van der Waals surface area contributed by atoms with E-state index in [1.54, 1.807) is 12.1 Å². The van der Waals surface area contributed by atoms with Gasteiger partial charge in [-0.1, -0.05) is 0 Å². The van der Waals surface area contributed by atoms with Crippen LogP contribution in [-0.2, 0) is 9.53 Å². The largest absolute Gasteiger partial charge is 0.493 e. The second kappa shape index (κ2) is 9.37. The fourth-order valence-electron chi connectivity index (χ4n) is 2.91. The number of aryl methyl sites for hydroxylation is 1. The smallest absolute Gasteiger partial charge is 0.344 e. The number of ketones is 2. The highest BCUT2D eigenvalue weighted by atomic mass is 16.6. The Kier molecular flexibility index (Phi) is 7.15. The van der Waals surface area contributed by atoms with Crippen molar-refractivity contribution in [1.29, 1.82) is 0 Å². The van der Waals surface area contributed by atoms with Crippen LogP contribution in [0, 0.1) is 27.7 Å². The fourth-order valence-corrected chi connectivity index (χ4v) is 2.91. The summed E-state index contributed by atoms with van der Waals surface area (Å²) in [7, 11) is 1.44. The van der Waals surface area contributed by atoms with Crippen LogP contribution in [0.2, 0.25) is 0 Å². The quantitative estimate of drug-likeness (QED) is 0.495. The lowest BCUT2D eigenvalue weighted by atomic mass is 9.93. The second-order valence-electron chi connectivity index (χ2n) is 6.91. The van der Waals surface area contributed by atoms with Crippen molar-refractivity contribution in [3.63, 3.8) is 0 Å². The maximum atomic E-state index is 12.5. The molecule has 0 heterocycles. The topological polar surface area (TPSA) is 78.9 Å². The van der Waals surface area contributed by atoms with Crippen molar-refractivity contribution in [3.8, 4) is 11.5 Å². The average Bonchev–Trinajstić information content (AvgIpc) is 2.71. The van der Waals surface area contributed by atoms with E-state index in [1.165, 1.54) is 20.1 Å². The van der Waals surface area contributed by atoms with Crippen molar-refractivity contribution in [2.45, 2.75) is 34.6 Å². The number of benzene rings is 2. The van der Waals surface area contributed by atoms with Crippen LogP contribution in [0.25, 0.3) is 0 Å². The van der Waals surface area contributed by atoms with Gasteiger partial charge in [-0.3, -0.25) is 9.59 Å². The van der Waals surface area contributed by atoms with Crippen LogP contribution in [0.1, 0.15) is 49.9 Å². The molecule has 0 saturated heterocycles. The summed E-state index contributed by atoms with van der Waals surface area (Å²) in [6.07, 6.45) is 0. The zero-order valence-corrected chi connectivity index (χ0v) is 17.7. The fraction of sp³-hybridized carbons (Fsp3) is 0.348. The summed E-state index contributed by atoms with van der Waals surface area (Å²) in [6.45, 7) is 8.53. The monoisotopic (exact) mass is 398 g/mol. The minimum Gasteiger partial charge on any atom is -0.493 e. The van der Waals surface area contributed by atoms with Crippen LogP contribution in [0.15, 0.2) is 24.3 Å². The van der Waals surface area contributed by atoms with Crippen LogP contribution >= 0.6 is 0 Å². The Balaban J connectivity index is 1.97. The van der Waals surface area contributed by atoms with Crippen molar-refractivity contribution in [2.75, 3.05) is 20.3 Å². The first-order chi connectivity index (χ1) is 13.6. The van der Waals surface area contributed by atoms with Gasteiger partial charge in [-0.25, -0.2) is 4.79 Å². The highest BCUT2D eigenvalue weighted by Gasteiger charge is 2.17. The maximum Gasteiger partial charge on any atom is 0.344 e. The Morgan fingerprint density at radius 3 is 2.17 bits per heavy atom. The normalized spacial score (nSPS) is 10.4. The third-order valence-electron chi connectivity index (χ3n) is 5.06. The molecule has 0 N–H and O–H groups in total. The van der Waals surface area contributed by atoms with Crippen molar-refractivity contribution < 1.29 is 28.6 Å². The van der Waals surface area contributed by atoms with Gasteiger partial charge in [0, 0.05) is 11.1 Å². The summed E-state index contributed by atoms with van der Waals surface area (Å²) in [5, 5.41) is 0. The van der Waals surface area contributed by atoms with E-state index in [2.05, 4.69) is 0 Å². The van der Waals surface area contributed by atoms with Gasteiger partial charge in [0.2, 0.25) is 5.78 Å². The first-order valence-corrected chi connectivity index (χ1v) is 9.23. The van der Waals surface area contributed by atoms with E-state index in [-0.39, 0.29) is 24.8 Å². The minimum atomic E-state index is -0.672. The molecule has 2 aromatic carbocycles. The first-order valence-electron chi connectivity index (χ1n) is 9.23. The number of carbonyl (C=O) groups is 3. The molecule has 2 aromatic rings. The number of esters is 1. The molecule has 0 atom stereocenters. The number of methoxy groups -OCH3 is 1. The lowest BCUT2D eigenvalue weighted by molar-refractivity contribution is -0.144. The molecular weight excluding hydrogens is 372 g/mol. The van der Waals surface area contributed by atoms with Crippen LogP contribution in [0.5, 0.6) is 11.5 Å². The SMILES string of the molecule is COc1cc(C(C)=O)ccc1OCC(=O)OCC(=O)c1cc(C)c(C)c(C)c1C. The molecule has 0 aliphatic carbocycles. The molecule has 0 saturated carbocycles. The zero-order chi connectivity index (χ0) is 21.7. The molecule has 0 aliphatic rings. The van der Waals surface area contributed by atoms with E-state index in [1.807, 2.05) is 33.8 Å². The van der Waals surface area contributed by atoms with Gasteiger partial charge in [0.15, 0.2) is 30.5 Å². The Morgan fingerprint density at radius 1 is 0.862 bits per heavy atom. The van der Waals surface area contributed by atoms with E-state index in [9.17, 15) is 14.4 Å². The van der Waals surface area contributed by atoms with Crippen molar-refractivity contribution in [3.05, 3.63) is 57.6 Å². The summed E-state index contributed by atoms with van der Waals surface area (Å²) in [6, 6.07) is 6.50.